The second-order valence-corrected chi connectivity index (χ2v) is 8.53. The maximum atomic E-state index is 13.6. The first kappa shape index (κ1) is 20.7. The first-order valence-corrected chi connectivity index (χ1v) is 11.5. The van der Waals surface area contributed by atoms with Crippen molar-refractivity contribution in [3.8, 4) is 11.5 Å². The summed E-state index contributed by atoms with van der Waals surface area (Å²) in [6.07, 6.45) is -0.497. The van der Waals surface area contributed by atoms with Gasteiger partial charge in [-0.3, -0.25) is 4.52 Å². The fourth-order valence-electron chi connectivity index (χ4n) is 2.52. The van der Waals surface area contributed by atoms with Crippen LogP contribution in [0.15, 0.2) is 78.9 Å². The molecule has 0 fully saturated rings. The molecule has 0 aliphatic rings. The predicted molar refractivity (Wildman–Crippen MR) is 115 cm³/mol. The monoisotopic (exact) mass is 460 g/mol. The predicted octanol–water partition coefficient (Wildman–Crippen LogP) is 7.02. The number of hydrogen-bond donors (Lipinski definition) is 0. The molecular formula is C22H22BrO4P. The molecule has 4 nitrogen and oxygen atoms in total. The quantitative estimate of drug-likeness (QED) is 0.267. The third-order valence-corrected chi connectivity index (χ3v) is 6.01. The molecule has 0 amide bonds. The molecule has 0 aliphatic carbocycles. The van der Waals surface area contributed by atoms with Gasteiger partial charge in [0, 0.05) is 5.33 Å². The first-order valence-electron chi connectivity index (χ1n) is 8.89. The largest absolute Gasteiger partial charge is 0.588 e. The number of phosphoric ester groups is 1. The van der Waals surface area contributed by atoms with E-state index in [9.17, 15) is 4.57 Å². The zero-order valence-electron chi connectivity index (χ0n) is 15.7. The molecule has 0 aliphatic heterocycles. The second-order valence-electron chi connectivity index (χ2n) is 6.41. The van der Waals surface area contributed by atoms with Crippen LogP contribution in [0.3, 0.4) is 0 Å². The number of rotatable bonds is 8. The molecule has 0 bridgehead atoms. The van der Waals surface area contributed by atoms with Crippen LogP contribution in [0.4, 0.5) is 0 Å². The van der Waals surface area contributed by atoms with Crippen molar-refractivity contribution in [2.45, 2.75) is 20.0 Å². The molecule has 0 spiro atoms. The summed E-state index contributed by atoms with van der Waals surface area (Å²) < 4.78 is 31.0. The maximum Gasteiger partial charge on any atom is 0.588 e. The lowest BCUT2D eigenvalue weighted by atomic mass is 10.1. The van der Waals surface area contributed by atoms with Crippen LogP contribution >= 0.6 is 23.8 Å². The topological polar surface area (TPSA) is 44.8 Å². The van der Waals surface area contributed by atoms with Gasteiger partial charge in [-0.05, 0) is 43.7 Å². The molecule has 3 rings (SSSR count). The Labute approximate surface area is 174 Å². The van der Waals surface area contributed by atoms with E-state index in [1.807, 2.05) is 68.4 Å². The average Bonchev–Trinajstić information content (AvgIpc) is 2.70. The molecule has 3 aromatic rings. The summed E-state index contributed by atoms with van der Waals surface area (Å²) >= 11 is 3.44. The Hall–Kier alpha value is -2.07. The van der Waals surface area contributed by atoms with Gasteiger partial charge in [0.1, 0.15) is 17.6 Å². The highest BCUT2D eigenvalue weighted by Gasteiger charge is 2.35. The van der Waals surface area contributed by atoms with Crippen molar-refractivity contribution in [3.05, 3.63) is 95.6 Å². The van der Waals surface area contributed by atoms with Gasteiger partial charge in [0.25, 0.3) is 0 Å². The Morgan fingerprint density at radius 2 is 1.25 bits per heavy atom. The first-order chi connectivity index (χ1) is 13.5. The highest BCUT2D eigenvalue weighted by atomic mass is 79.9. The molecule has 0 saturated carbocycles. The SMILES string of the molecule is Cc1ccc(OP(=O)(Oc2ccc(C)cc2)OC(CBr)c2ccccc2)cc1. The smallest absolute Gasteiger partial charge is 0.395 e. The lowest BCUT2D eigenvalue weighted by molar-refractivity contribution is 0.159. The van der Waals surface area contributed by atoms with Gasteiger partial charge in [-0.25, -0.2) is 4.57 Å². The van der Waals surface area contributed by atoms with Crippen molar-refractivity contribution in [3.63, 3.8) is 0 Å². The van der Waals surface area contributed by atoms with E-state index in [1.165, 1.54) is 0 Å². The van der Waals surface area contributed by atoms with Gasteiger partial charge in [-0.1, -0.05) is 81.7 Å². The summed E-state index contributed by atoms with van der Waals surface area (Å²) in [6.45, 7) is 3.94. The number of halogens is 1. The zero-order chi connectivity index (χ0) is 20.0. The minimum absolute atomic E-state index is 0.419. The van der Waals surface area contributed by atoms with Gasteiger partial charge in [0.2, 0.25) is 0 Å². The van der Waals surface area contributed by atoms with Crippen molar-refractivity contribution in [2.75, 3.05) is 5.33 Å². The van der Waals surface area contributed by atoms with Gasteiger partial charge in [-0.15, -0.1) is 0 Å². The van der Waals surface area contributed by atoms with E-state index < -0.39 is 13.9 Å². The van der Waals surface area contributed by atoms with Crippen molar-refractivity contribution in [1.82, 2.24) is 0 Å². The third kappa shape index (κ3) is 5.71. The summed E-state index contributed by atoms with van der Waals surface area (Å²) in [6, 6.07) is 24.0. The Bertz CT molecular complexity index is 876. The van der Waals surface area contributed by atoms with Gasteiger partial charge in [0.15, 0.2) is 0 Å². The van der Waals surface area contributed by atoms with Crippen molar-refractivity contribution >= 4 is 23.8 Å². The van der Waals surface area contributed by atoms with Gasteiger partial charge in [0.05, 0.1) is 0 Å². The minimum atomic E-state index is -3.96. The molecule has 6 heteroatoms. The molecule has 3 aromatic carbocycles. The maximum absolute atomic E-state index is 13.6. The van der Waals surface area contributed by atoms with Crippen LogP contribution in [0.25, 0.3) is 0 Å². The molecule has 0 saturated heterocycles. The van der Waals surface area contributed by atoms with Crippen LogP contribution in [-0.2, 0) is 9.09 Å². The van der Waals surface area contributed by atoms with E-state index in [0.29, 0.717) is 16.8 Å². The molecule has 146 valence electrons. The molecule has 28 heavy (non-hydrogen) atoms. The normalized spacial score (nSPS) is 12.4. The molecule has 0 heterocycles. The molecule has 0 aromatic heterocycles. The third-order valence-electron chi connectivity index (χ3n) is 4.04. The molecule has 1 unspecified atom stereocenters. The van der Waals surface area contributed by atoms with Gasteiger partial charge >= 0.3 is 7.82 Å². The number of phosphoric acid groups is 1. The van der Waals surface area contributed by atoms with Crippen molar-refractivity contribution in [1.29, 1.82) is 0 Å². The van der Waals surface area contributed by atoms with E-state index in [-0.39, 0.29) is 0 Å². The van der Waals surface area contributed by atoms with E-state index >= 15 is 0 Å². The molecule has 0 N–H and O–H groups in total. The van der Waals surface area contributed by atoms with Crippen LogP contribution in [0, 0.1) is 13.8 Å². The highest BCUT2D eigenvalue weighted by molar-refractivity contribution is 9.09. The van der Waals surface area contributed by atoms with Gasteiger partial charge < -0.3 is 9.05 Å². The Balaban J connectivity index is 1.89. The fourth-order valence-corrected chi connectivity index (χ4v) is 4.62. The van der Waals surface area contributed by atoms with E-state index in [0.717, 1.165) is 16.7 Å². The van der Waals surface area contributed by atoms with Gasteiger partial charge in [-0.2, -0.15) is 0 Å². The summed E-state index contributed by atoms with van der Waals surface area (Å²) in [5.74, 6) is 0.838. The summed E-state index contributed by atoms with van der Waals surface area (Å²) in [5.41, 5.74) is 3.02. The summed E-state index contributed by atoms with van der Waals surface area (Å²) in [5, 5.41) is 0.440. The van der Waals surface area contributed by atoms with Crippen LogP contribution in [0.5, 0.6) is 11.5 Å². The molecule has 1 atom stereocenters. The Morgan fingerprint density at radius 3 is 1.68 bits per heavy atom. The van der Waals surface area contributed by atoms with Crippen LogP contribution < -0.4 is 9.05 Å². The standard InChI is InChI=1S/C22H22BrO4P/c1-17-8-12-20(13-9-17)25-28(24,26-21-14-10-18(2)11-15-21)27-22(16-23)19-6-4-3-5-7-19/h3-15,22H,16H2,1-2H3. The average molecular weight is 461 g/mol. The number of aryl methyl sites for hydroxylation is 2. The van der Waals surface area contributed by atoms with Crippen molar-refractivity contribution < 1.29 is 18.1 Å². The second kappa shape index (κ2) is 9.42. The lowest BCUT2D eigenvalue weighted by Gasteiger charge is -2.23. The Kier molecular flexibility index (Phi) is 6.95. The van der Waals surface area contributed by atoms with Crippen LogP contribution in [0.1, 0.15) is 22.8 Å². The summed E-state index contributed by atoms with van der Waals surface area (Å²) in [4.78, 5) is 0. The molecule has 0 radical (unpaired) electrons. The highest BCUT2D eigenvalue weighted by Crippen LogP contribution is 2.53. The number of hydrogen-bond acceptors (Lipinski definition) is 4. The number of alkyl halides is 1. The Morgan fingerprint density at radius 1 is 0.786 bits per heavy atom. The van der Waals surface area contributed by atoms with E-state index in [4.69, 9.17) is 13.6 Å². The van der Waals surface area contributed by atoms with Crippen molar-refractivity contribution in [2.24, 2.45) is 0 Å². The zero-order valence-corrected chi connectivity index (χ0v) is 18.2. The molecular weight excluding hydrogens is 439 g/mol. The van der Waals surface area contributed by atoms with E-state index in [1.54, 1.807) is 24.3 Å². The van der Waals surface area contributed by atoms with Crippen LogP contribution in [0.2, 0.25) is 0 Å². The fraction of sp³-hybridized carbons (Fsp3) is 0.182. The number of benzene rings is 3. The minimum Gasteiger partial charge on any atom is -0.395 e. The van der Waals surface area contributed by atoms with E-state index in [2.05, 4.69) is 15.9 Å². The summed E-state index contributed by atoms with van der Waals surface area (Å²) in [7, 11) is -3.96. The van der Waals surface area contributed by atoms with Crippen LogP contribution in [-0.4, -0.2) is 5.33 Å². The lowest BCUT2D eigenvalue weighted by Crippen LogP contribution is -2.11.